The molecule has 0 fully saturated rings. The number of thiophene rings is 1. The molecule has 0 aliphatic rings. The molecule has 0 unspecified atom stereocenters. The smallest absolute Gasteiger partial charge is 0.351 e. The van der Waals surface area contributed by atoms with Gasteiger partial charge in [-0.3, -0.25) is 0 Å². The van der Waals surface area contributed by atoms with Crippen molar-refractivity contribution in [1.29, 1.82) is 0 Å². The molecule has 0 aliphatic carbocycles. The molecule has 0 atom stereocenters. The Morgan fingerprint density at radius 3 is 2.67 bits per heavy atom. The number of carbonyl (C=O) groups excluding carboxylic acids is 1. The maximum absolute atomic E-state index is 11.8. The van der Waals surface area contributed by atoms with Crippen LogP contribution >= 0.6 is 11.3 Å². The summed E-state index contributed by atoms with van der Waals surface area (Å²) in [6.07, 6.45) is 0.0201. The van der Waals surface area contributed by atoms with Gasteiger partial charge in [-0.25, -0.2) is 4.79 Å². The van der Waals surface area contributed by atoms with Gasteiger partial charge in [0.1, 0.15) is 0 Å². The summed E-state index contributed by atoms with van der Waals surface area (Å²) in [6, 6.07) is 6.07. The largest absolute Gasteiger partial charge is 0.489 e. The molecule has 96 valence electrons. The van der Waals surface area contributed by atoms with Gasteiger partial charge in [0.05, 0.1) is 13.2 Å². The lowest BCUT2D eigenvalue weighted by Crippen LogP contribution is -2.09. The van der Waals surface area contributed by atoms with Gasteiger partial charge in [0, 0.05) is 10.1 Å². The molecule has 1 aromatic carbocycles. The second-order valence-electron chi connectivity index (χ2n) is 4.42. The highest BCUT2D eigenvalue weighted by molar-refractivity contribution is 7.21. The Labute approximate surface area is 110 Å². The summed E-state index contributed by atoms with van der Waals surface area (Å²) in [7, 11) is 1.39. The van der Waals surface area contributed by atoms with Gasteiger partial charge in [-0.15, -0.1) is 11.3 Å². The first-order chi connectivity index (χ1) is 8.52. The SMILES string of the molecule is COC(=O)c1sc2ccc(C)cc2c1OC(C)C. The topological polar surface area (TPSA) is 35.5 Å². The number of carbonyl (C=O) groups is 1. The third-order valence-corrected chi connectivity index (χ3v) is 3.65. The van der Waals surface area contributed by atoms with E-state index in [1.807, 2.05) is 39.0 Å². The molecule has 0 spiro atoms. The monoisotopic (exact) mass is 264 g/mol. The summed E-state index contributed by atoms with van der Waals surface area (Å²) in [4.78, 5) is 12.3. The van der Waals surface area contributed by atoms with Gasteiger partial charge < -0.3 is 9.47 Å². The average molecular weight is 264 g/mol. The Kier molecular flexibility index (Phi) is 3.57. The molecular formula is C14H16O3S. The van der Waals surface area contributed by atoms with Crippen molar-refractivity contribution in [3.05, 3.63) is 28.6 Å². The first-order valence-electron chi connectivity index (χ1n) is 5.81. The van der Waals surface area contributed by atoms with E-state index in [2.05, 4.69) is 0 Å². The van der Waals surface area contributed by atoms with Crippen LogP contribution in [0.15, 0.2) is 18.2 Å². The molecule has 18 heavy (non-hydrogen) atoms. The van der Waals surface area contributed by atoms with Crippen molar-refractivity contribution in [3.63, 3.8) is 0 Å². The van der Waals surface area contributed by atoms with Gasteiger partial charge in [-0.05, 0) is 32.9 Å². The Balaban J connectivity index is 2.65. The Bertz CT molecular complexity index is 584. The van der Waals surface area contributed by atoms with Crippen LogP contribution in [0.25, 0.3) is 10.1 Å². The zero-order valence-electron chi connectivity index (χ0n) is 10.9. The van der Waals surface area contributed by atoms with Crippen LogP contribution < -0.4 is 4.74 Å². The first kappa shape index (κ1) is 12.9. The van der Waals surface area contributed by atoms with Crippen molar-refractivity contribution in [3.8, 4) is 5.75 Å². The van der Waals surface area contributed by atoms with E-state index in [1.165, 1.54) is 18.4 Å². The van der Waals surface area contributed by atoms with Crippen LogP contribution in [0.2, 0.25) is 0 Å². The molecule has 0 saturated heterocycles. The van der Waals surface area contributed by atoms with Crippen molar-refractivity contribution in [2.75, 3.05) is 7.11 Å². The lowest BCUT2D eigenvalue weighted by Gasteiger charge is -2.10. The van der Waals surface area contributed by atoms with Gasteiger partial charge >= 0.3 is 5.97 Å². The number of esters is 1. The van der Waals surface area contributed by atoms with Gasteiger partial charge in [-0.2, -0.15) is 0 Å². The molecule has 1 aromatic heterocycles. The maximum atomic E-state index is 11.8. The second-order valence-corrected chi connectivity index (χ2v) is 5.47. The van der Waals surface area contributed by atoms with Crippen LogP contribution in [0.4, 0.5) is 0 Å². The Morgan fingerprint density at radius 1 is 1.33 bits per heavy atom. The fourth-order valence-corrected chi connectivity index (χ4v) is 2.80. The van der Waals surface area contributed by atoms with Crippen molar-refractivity contribution >= 4 is 27.4 Å². The molecule has 0 N–H and O–H groups in total. The molecule has 4 heteroatoms. The minimum Gasteiger partial charge on any atom is -0.489 e. The first-order valence-corrected chi connectivity index (χ1v) is 6.62. The molecule has 2 rings (SSSR count). The molecule has 3 nitrogen and oxygen atoms in total. The summed E-state index contributed by atoms with van der Waals surface area (Å²) < 4.78 is 11.6. The standard InChI is InChI=1S/C14H16O3S/c1-8(2)17-12-10-7-9(3)5-6-11(10)18-13(12)14(15)16-4/h5-8H,1-4H3. The zero-order chi connectivity index (χ0) is 13.3. The van der Waals surface area contributed by atoms with E-state index in [9.17, 15) is 4.79 Å². The predicted octanol–water partition coefficient (Wildman–Crippen LogP) is 3.78. The third kappa shape index (κ3) is 2.34. The molecule has 0 saturated carbocycles. The van der Waals surface area contributed by atoms with Gasteiger partial charge in [-0.1, -0.05) is 11.6 Å². The van der Waals surface area contributed by atoms with Crippen molar-refractivity contribution in [2.24, 2.45) is 0 Å². The van der Waals surface area contributed by atoms with E-state index in [-0.39, 0.29) is 12.1 Å². The van der Waals surface area contributed by atoms with Crippen molar-refractivity contribution < 1.29 is 14.3 Å². The Morgan fingerprint density at radius 2 is 2.06 bits per heavy atom. The highest BCUT2D eigenvalue weighted by Crippen LogP contribution is 2.39. The molecule has 1 heterocycles. The number of aryl methyl sites for hydroxylation is 1. The van der Waals surface area contributed by atoms with Crippen molar-refractivity contribution in [2.45, 2.75) is 26.9 Å². The molecule has 0 amide bonds. The molecular weight excluding hydrogens is 248 g/mol. The molecule has 0 aliphatic heterocycles. The summed E-state index contributed by atoms with van der Waals surface area (Å²) in [5.74, 6) is 0.296. The van der Waals surface area contributed by atoms with E-state index >= 15 is 0 Å². The lowest BCUT2D eigenvalue weighted by molar-refractivity contribution is 0.0601. The van der Waals surface area contributed by atoms with Crippen LogP contribution in [-0.2, 0) is 4.74 Å². The maximum Gasteiger partial charge on any atom is 0.351 e. The van der Waals surface area contributed by atoms with E-state index in [0.717, 1.165) is 15.6 Å². The summed E-state index contributed by atoms with van der Waals surface area (Å²) in [6.45, 7) is 5.91. The highest BCUT2D eigenvalue weighted by atomic mass is 32.1. The highest BCUT2D eigenvalue weighted by Gasteiger charge is 2.21. The van der Waals surface area contributed by atoms with Crippen LogP contribution in [0.1, 0.15) is 29.1 Å². The van der Waals surface area contributed by atoms with Crippen LogP contribution in [0, 0.1) is 6.92 Å². The molecule has 2 aromatic rings. The van der Waals surface area contributed by atoms with Crippen LogP contribution in [-0.4, -0.2) is 19.2 Å². The zero-order valence-corrected chi connectivity index (χ0v) is 11.8. The van der Waals surface area contributed by atoms with Gasteiger partial charge in [0.25, 0.3) is 0 Å². The van der Waals surface area contributed by atoms with E-state index in [0.29, 0.717) is 10.6 Å². The van der Waals surface area contributed by atoms with Gasteiger partial charge in [0.15, 0.2) is 10.6 Å². The van der Waals surface area contributed by atoms with E-state index in [1.54, 1.807) is 0 Å². The molecule has 0 radical (unpaired) electrons. The fraction of sp³-hybridized carbons (Fsp3) is 0.357. The van der Waals surface area contributed by atoms with Gasteiger partial charge in [0.2, 0.25) is 0 Å². The molecule has 0 bridgehead atoms. The minimum atomic E-state index is -0.343. The summed E-state index contributed by atoms with van der Waals surface area (Å²) >= 11 is 1.41. The fourth-order valence-electron chi connectivity index (χ4n) is 1.77. The number of fused-ring (bicyclic) bond motifs is 1. The Hall–Kier alpha value is -1.55. The lowest BCUT2D eigenvalue weighted by atomic mass is 10.1. The average Bonchev–Trinajstić information content (AvgIpc) is 2.66. The number of methoxy groups -OCH3 is 1. The number of ether oxygens (including phenoxy) is 2. The number of hydrogen-bond donors (Lipinski definition) is 0. The predicted molar refractivity (Wildman–Crippen MR) is 73.7 cm³/mol. The van der Waals surface area contributed by atoms with Crippen molar-refractivity contribution in [1.82, 2.24) is 0 Å². The number of rotatable bonds is 3. The van der Waals surface area contributed by atoms with E-state index < -0.39 is 0 Å². The normalized spacial score (nSPS) is 10.9. The quantitative estimate of drug-likeness (QED) is 0.791. The third-order valence-electron chi connectivity index (χ3n) is 2.52. The minimum absolute atomic E-state index is 0.0201. The summed E-state index contributed by atoms with van der Waals surface area (Å²) in [5.41, 5.74) is 1.14. The number of hydrogen-bond acceptors (Lipinski definition) is 4. The number of benzene rings is 1. The van der Waals surface area contributed by atoms with E-state index in [4.69, 9.17) is 9.47 Å². The second kappa shape index (κ2) is 4.98. The summed E-state index contributed by atoms with van der Waals surface area (Å²) in [5, 5.41) is 0.981. The van der Waals surface area contributed by atoms with Crippen LogP contribution in [0.3, 0.4) is 0 Å². The van der Waals surface area contributed by atoms with Crippen LogP contribution in [0.5, 0.6) is 5.75 Å².